The molecule has 0 spiro atoms. The molecule has 3 rings (SSSR count). The normalized spacial score (nSPS) is 10.9. The molecule has 0 aliphatic heterocycles. The highest BCUT2D eigenvalue weighted by Gasteiger charge is 2.12. The molecular weight excluding hydrogens is 257 g/mol. The molecule has 4 nitrogen and oxygen atoms in total. The zero-order valence-corrected chi connectivity index (χ0v) is 11.3. The number of nitrogens with zero attached hydrogens (tertiary/aromatic N) is 2. The molecule has 0 aliphatic carbocycles. The Balaban J connectivity index is 2.17. The summed E-state index contributed by atoms with van der Waals surface area (Å²) in [5, 5.41) is 3.71. The molecule has 1 N–H and O–H groups in total. The topological polar surface area (TPSA) is 51.0 Å². The van der Waals surface area contributed by atoms with Gasteiger partial charge in [0.25, 0.3) is 0 Å². The van der Waals surface area contributed by atoms with Crippen LogP contribution in [-0.4, -0.2) is 17.0 Å². The van der Waals surface area contributed by atoms with Crippen LogP contribution in [0.15, 0.2) is 34.7 Å². The van der Waals surface area contributed by atoms with E-state index in [2.05, 4.69) is 15.3 Å². The quantitative estimate of drug-likeness (QED) is 0.790. The Hall–Kier alpha value is -2.43. The summed E-state index contributed by atoms with van der Waals surface area (Å²) >= 11 is 0. The fraction of sp³-hybridized carbons (Fsp3) is 0.200. The van der Waals surface area contributed by atoms with E-state index in [0.29, 0.717) is 23.1 Å². The highest BCUT2D eigenvalue weighted by atomic mass is 19.1. The molecule has 2 heterocycles. The predicted octanol–water partition coefficient (Wildman–Crippen LogP) is 3.63. The van der Waals surface area contributed by atoms with Gasteiger partial charge in [-0.1, -0.05) is 19.1 Å². The second-order valence-electron chi connectivity index (χ2n) is 4.43. The minimum absolute atomic E-state index is 0.255. The van der Waals surface area contributed by atoms with Gasteiger partial charge >= 0.3 is 0 Å². The highest BCUT2D eigenvalue weighted by molar-refractivity contribution is 5.82. The molecule has 0 atom stereocenters. The summed E-state index contributed by atoms with van der Waals surface area (Å²) in [4.78, 5) is 8.76. The maximum atomic E-state index is 13.7. The fourth-order valence-corrected chi connectivity index (χ4v) is 2.06. The van der Waals surface area contributed by atoms with Crippen molar-refractivity contribution in [2.24, 2.45) is 0 Å². The third-order valence-corrected chi connectivity index (χ3v) is 3.09. The van der Waals surface area contributed by atoms with Gasteiger partial charge in [-0.05, 0) is 12.1 Å². The molecule has 0 bridgehead atoms. The molecule has 0 saturated carbocycles. The first-order valence-corrected chi connectivity index (χ1v) is 6.45. The number of fused-ring (bicyclic) bond motifs is 1. The molecule has 102 valence electrons. The molecule has 0 saturated heterocycles. The first-order valence-electron chi connectivity index (χ1n) is 6.45. The molecular formula is C15H14FN3O. The third kappa shape index (κ3) is 2.11. The average molecular weight is 271 g/mol. The maximum Gasteiger partial charge on any atom is 0.170 e. The first-order chi connectivity index (χ1) is 9.71. The van der Waals surface area contributed by atoms with E-state index < -0.39 is 0 Å². The molecule has 0 radical (unpaired) electrons. The van der Waals surface area contributed by atoms with Crippen molar-refractivity contribution in [3.63, 3.8) is 0 Å². The number of nitrogens with one attached hydrogen (secondary N) is 1. The maximum absolute atomic E-state index is 13.7. The van der Waals surface area contributed by atoms with E-state index in [9.17, 15) is 4.39 Å². The summed E-state index contributed by atoms with van der Waals surface area (Å²) in [5.74, 6) is 1.60. The molecule has 0 unspecified atom stereocenters. The second-order valence-corrected chi connectivity index (χ2v) is 4.43. The van der Waals surface area contributed by atoms with Crippen LogP contribution in [0.1, 0.15) is 12.7 Å². The van der Waals surface area contributed by atoms with Gasteiger partial charge in [0.05, 0.1) is 0 Å². The van der Waals surface area contributed by atoms with E-state index in [1.807, 2.05) is 13.0 Å². The van der Waals surface area contributed by atoms with Crippen LogP contribution in [0.4, 0.5) is 10.2 Å². The van der Waals surface area contributed by atoms with Crippen LogP contribution in [0.5, 0.6) is 0 Å². The van der Waals surface area contributed by atoms with Crippen molar-refractivity contribution >= 4 is 16.8 Å². The number of benzene rings is 1. The van der Waals surface area contributed by atoms with Crippen molar-refractivity contribution in [1.29, 1.82) is 0 Å². The van der Waals surface area contributed by atoms with Crippen molar-refractivity contribution in [2.45, 2.75) is 13.3 Å². The Morgan fingerprint density at radius 3 is 2.80 bits per heavy atom. The lowest BCUT2D eigenvalue weighted by Crippen LogP contribution is -2.00. The summed E-state index contributed by atoms with van der Waals surface area (Å²) in [6.07, 6.45) is 0.719. The monoisotopic (exact) mass is 271 g/mol. The van der Waals surface area contributed by atoms with Crippen LogP contribution in [-0.2, 0) is 6.42 Å². The SMILES string of the molecule is CCc1nc(NC)cc(-c2cc3cccc(F)c3o2)n1. The fourth-order valence-electron chi connectivity index (χ4n) is 2.06. The van der Waals surface area contributed by atoms with Crippen molar-refractivity contribution in [2.75, 3.05) is 12.4 Å². The summed E-state index contributed by atoms with van der Waals surface area (Å²) < 4.78 is 19.3. The zero-order chi connectivity index (χ0) is 14.1. The van der Waals surface area contributed by atoms with E-state index in [1.165, 1.54) is 6.07 Å². The van der Waals surface area contributed by atoms with Crippen LogP contribution in [0.3, 0.4) is 0 Å². The molecule has 3 aromatic rings. The van der Waals surface area contributed by atoms with Crippen LogP contribution in [0.2, 0.25) is 0 Å². The van der Waals surface area contributed by atoms with Crippen LogP contribution >= 0.6 is 0 Å². The standard InChI is InChI=1S/C15H14FN3O/c1-3-13-18-11(8-14(17-2)19-13)12-7-9-5-4-6-10(16)15(9)20-12/h4-8H,3H2,1-2H3,(H,17,18,19). The molecule has 0 amide bonds. The van der Waals surface area contributed by atoms with Gasteiger partial charge in [0.2, 0.25) is 0 Å². The van der Waals surface area contributed by atoms with E-state index in [0.717, 1.165) is 11.8 Å². The molecule has 0 fully saturated rings. The van der Waals surface area contributed by atoms with E-state index in [4.69, 9.17) is 4.42 Å². The molecule has 20 heavy (non-hydrogen) atoms. The minimum atomic E-state index is -0.368. The van der Waals surface area contributed by atoms with Crippen molar-refractivity contribution in [1.82, 2.24) is 9.97 Å². The highest BCUT2D eigenvalue weighted by Crippen LogP contribution is 2.29. The van der Waals surface area contributed by atoms with E-state index in [1.54, 1.807) is 25.2 Å². The number of halogens is 1. The van der Waals surface area contributed by atoms with Gasteiger partial charge in [-0.2, -0.15) is 0 Å². The van der Waals surface area contributed by atoms with Gasteiger partial charge in [-0.15, -0.1) is 0 Å². The Labute approximate surface area is 115 Å². The minimum Gasteiger partial charge on any atom is -0.451 e. The lowest BCUT2D eigenvalue weighted by molar-refractivity contribution is 0.567. The molecule has 0 aliphatic rings. The van der Waals surface area contributed by atoms with Gasteiger partial charge in [0.15, 0.2) is 17.2 Å². The lowest BCUT2D eigenvalue weighted by atomic mass is 10.2. The van der Waals surface area contributed by atoms with Crippen LogP contribution in [0, 0.1) is 5.82 Å². The number of anilines is 1. The van der Waals surface area contributed by atoms with Gasteiger partial charge in [0, 0.05) is 24.9 Å². The number of hydrogen-bond donors (Lipinski definition) is 1. The van der Waals surface area contributed by atoms with Crippen molar-refractivity contribution < 1.29 is 8.81 Å². The van der Waals surface area contributed by atoms with E-state index >= 15 is 0 Å². The number of furan rings is 1. The number of para-hydroxylation sites is 1. The molecule has 5 heteroatoms. The van der Waals surface area contributed by atoms with Crippen molar-refractivity contribution in [3.8, 4) is 11.5 Å². The summed E-state index contributed by atoms with van der Waals surface area (Å²) in [7, 11) is 1.80. The van der Waals surface area contributed by atoms with Crippen molar-refractivity contribution in [3.05, 3.63) is 42.0 Å². The summed E-state index contributed by atoms with van der Waals surface area (Å²) in [6.45, 7) is 1.98. The number of aromatic nitrogens is 2. The first kappa shape index (κ1) is 12.6. The Kier molecular flexibility index (Phi) is 3.10. The smallest absolute Gasteiger partial charge is 0.170 e. The Morgan fingerprint density at radius 1 is 1.25 bits per heavy atom. The van der Waals surface area contributed by atoms with Gasteiger partial charge in [-0.25, -0.2) is 14.4 Å². The zero-order valence-electron chi connectivity index (χ0n) is 11.3. The second kappa shape index (κ2) is 4.92. The number of hydrogen-bond acceptors (Lipinski definition) is 4. The Morgan fingerprint density at radius 2 is 2.10 bits per heavy atom. The van der Waals surface area contributed by atoms with Gasteiger partial charge in [0.1, 0.15) is 17.3 Å². The molecule has 1 aromatic carbocycles. The lowest BCUT2D eigenvalue weighted by Gasteiger charge is -2.04. The third-order valence-electron chi connectivity index (χ3n) is 3.09. The Bertz CT molecular complexity index is 745. The summed E-state index contributed by atoms with van der Waals surface area (Å²) in [6, 6.07) is 8.43. The molecule has 2 aromatic heterocycles. The van der Waals surface area contributed by atoms with Crippen LogP contribution < -0.4 is 5.32 Å². The van der Waals surface area contributed by atoms with Gasteiger partial charge in [-0.3, -0.25) is 0 Å². The number of aryl methyl sites for hydroxylation is 1. The van der Waals surface area contributed by atoms with E-state index in [-0.39, 0.29) is 11.4 Å². The average Bonchev–Trinajstić information content (AvgIpc) is 2.92. The van der Waals surface area contributed by atoms with Crippen LogP contribution in [0.25, 0.3) is 22.4 Å². The summed E-state index contributed by atoms with van der Waals surface area (Å²) in [5.41, 5.74) is 0.905. The largest absolute Gasteiger partial charge is 0.451 e. The number of rotatable bonds is 3. The predicted molar refractivity (Wildman–Crippen MR) is 76.1 cm³/mol. The van der Waals surface area contributed by atoms with Gasteiger partial charge < -0.3 is 9.73 Å².